The molecule has 0 amide bonds. The van der Waals surface area contributed by atoms with Crippen LogP contribution in [0.2, 0.25) is 0 Å². The molecule has 1 N–H and O–H groups in total. The molecule has 1 aliphatic heterocycles. The van der Waals surface area contributed by atoms with Gasteiger partial charge in [0.1, 0.15) is 5.60 Å². The second-order valence-electron chi connectivity index (χ2n) is 3.64. The fourth-order valence-electron chi connectivity index (χ4n) is 1.83. The molecule has 1 aromatic heterocycles. The molecule has 1 fully saturated rings. The standard InChI is InChI=1S/C10H14O2S/c1-8-7-10(11,4-5-12-8)9-3-2-6-13-9/h2-3,6,8,11H,4-5,7H2,1H3. The van der Waals surface area contributed by atoms with E-state index in [1.165, 1.54) is 0 Å². The molecular formula is C10H14O2S. The van der Waals surface area contributed by atoms with Crippen LogP contribution in [0.3, 0.4) is 0 Å². The van der Waals surface area contributed by atoms with Gasteiger partial charge >= 0.3 is 0 Å². The van der Waals surface area contributed by atoms with Gasteiger partial charge in [0, 0.05) is 17.7 Å². The summed E-state index contributed by atoms with van der Waals surface area (Å²) < 4.78 is 5.42. The number of ether oxygens (including phenoxy) is 1. The van der Waals surface area contributed by atoms with Crippen molar-refractivity contribution in [3.63, 3.8) is 0 Å². The average molecular weight is 198 g/mol. The van der Waals surface area contributed by atoms with Crippen molar-refractivity contribution in [2.45, 2.75) is 31.5 Å². The summed E-state index contributed by atoms with van der Waals surface area (Å²) in [6, 6.07) is 3.99. The summed E-state index contributed by atoms with van der Waals surface area (Å²) in [5.74, 6) is 0. The van der Waals surface area contributed by atoms with Crippen molar-refractivity contribution in [1.29, 1.82) is 0 Å². The van der Waals surface area contributed by atoms with Crippen molar-refractivity contribution in [2.24, 2.45) is 0 Å². The largest absolute Gasteiger partial charge is 0.384 e. The van der Waals surface area contributed by atoms with Gasteiger partial charge in [-0.2, -0.15) is 0 Å². The molecule has 0 spiro atoms. The van der Waals surface area contributed by atoms with Crippen LogP contribution in [0, 0.1) is 0 Å². The van der Waals surface area contributed by atoms with E-state index in [0.717, 1.165) is 11.3 Å². The lowest BCUT2D eigenvalue weighted by atomic mass is 9.89. The van der Waals surface area contributed by atoms with Crippen LogP contribution in [-0.2, 0) is 10.3 Å². The summed E-state index contributed by atoms with van der Waals surface area (Å²) in [5.41, 5.74) is -0.633. The Labute approximate surface area is 82.2 Å². The summed E-state index contributed by atoms with van der Waals surface area (Å²) >= 11 is 1.62. The Morgan fingerprint density at radius 1 is 1.69 bits per heavy atom. The molecule has 1 saturated heterocycles. The zero-order valence-corrected chi connectivity index (χ0v) is 8.51. The quantitative estimate of drug-likeness (QED) is 0.749. The predicted molar refractivity (Wildman–Crippen MR) is 52.9 cm³/mol. The molecule has 0 aliphatic carbocycles. The van der Waals surface area contributed by atoms with Gasteiger partial charge < -0.3 is 9.84 Å². The van der Waals surface area contributed by atoms with Gasteiger partial charge in [-0.05, 0) is 18.4 Å². The van der Waals surface area contributed by atoms with Crippen LogP contribution in [0.1, 0.15) is 24.6 Å². The van der Waals surface area contributed by atoms with E-state index in [1.54, 1.807) is 11.3 Å². The first-order chi connectivity index (χ1) is 6.21. The zero-order valence-electron chi connectivity index (χ0n) is 7.69. The Hall–Kier alpha value is -0.380. The Bertz CT molecular complexity index is 270. The molecule has 2 heterocycles. The second kappa shape index (κ2) is 3.40. The van der Waals surface area contributed by atoms with Gasteiger partial charge in [-0.3, -0.25) is 0 Å². The number of rotatable bonds is 1. The third kappa shape index (κ3) is 1.77. The van der Waals surface area contributed by atoms with Crippen molar-refractivity contribution in [2.75, 3.05) is 6.61 Å². The molecule has 72 valence electrons. The molecule has 0 aromatic carbocycles. The van der Waals surface area contributed by atoms with E-state index in [0.29, 0.717) is 13.0 Å². The van der Waals surface area contributed by atoms with Crippen LogP contribution in [0.4, 0.5) is 0 Å². The summed E-state index contributed by atoms with van der Waals surface area (Å²) in [4.78, 5) is 1.07. The van der Waals surface area contributed by atoms with Crippen molar-refractivity contribution in [3.8, 4) is 0 Å². The van der Waals surface area contributed by atoms with Crippen LogP contribution < -0.4 is 0 Å². The summed E-state index contributed by atoms with van der Waals surface area (Å²) in [6.45, 7) is 2.67. The molecule has 0 bridgehead atoms. The van der Waals surface area contributed by atoms with Crippen LogP contribution >= 0.6 is 11.3 Å². The summed E-state index contributed by atoms with van der Waals surface area (Å²) in [6.07, 6.45) is 1.60. The third-order valence-corrected chi connectivity index (χ3v) is 3.59. The van der Waals surface area contributed by atoms with Crippen LogP contribution in [0.15, 0.2) is 17.5 Å². The molecule has 3 heteroatoms. The van der Waals surface area contributed by atoms with Crippen molar-refractivity contribution in [3.05, 3.63) is 22.4 Å². The van der Waals surface area contributed by atoms with Crippen LogP contribution in [0.25, 0.3) is 0 Å². The monoisotopic (exact) mass is 198 g/mol. The summed E-state index contributed by atoms with van der Waals surface area (Å²) in [5, 5.41) is 12.3. The molecular weight excluding hydrogens is 184 g/mol. The molecule has 1 aliphatic rings. The van der Waals surface area contributed by atoms with E-state index in [1.807, 2.05) is 24.4 Å². The van der Waals surface area contributed by atoms with Crippen LogP contribution in [-0.4, -0.2) is 17.8 Å². The van der Waals surface area contributed by atoms with Crippen LogP contribution in [0.5, 0.6) is 0 Å². The molecule has 0 saturated carbocycles. The van der Waals surface area contributed by atoms with E-state index in [9.17, 15) is 5.11 Å². The van der Waals surface area contributed by atoms with E-state index >= 15 is 0 Å². The number of hydrogen-bond donors (Lipinski definition) is 1. The first-order valence-corrected chi connectivity index (χ1v) is 5.47. The maximum atomic E-state index is 10.3. The van der Waals surface area contributed by atoms with E-state index in [4.69, 9.17) is 4.74 Å². The van der Waals surface area contributed by atoms with Gasteiger partial charge in [-0.15, -0.1) is 11.3 Å². The van der Waals surface area contributed by atoms with E-state index in [2.05, 4.69) is 0 Å². The number of thiophene rings is 1. The van der Waals surface area contributed by atoms with E-state index in [-0.39, 0.29) is 6.10 Å². The molecule has 2 unspecified atom stereocenters. The Morgan fingerprint density at radius 2 is 2.54 bits per heavy atom. The Kier molecular flexibility index (Phi) is 2.41. The van der Waals surface area contributed by atoms with E-state index < -0.39 is 5.60 Å². The van der Waals surface area contributed by atoms with Crippen molar-refractivity contribution >= 4 is 11.3 Å². The highest BCUT2D eigenvalue weighted by atomic mass is 32.1. The molecule has 2 rings (SSSR count). The molecule has 1 aromatic rings. The van der Waals surface area contributed by atoms with Gasteiger partial charge in [0.2, 0.25) is 0 Å². The smallest absolute Gasteiger partial charge is 0.103 e. The lowest BCUT2D eigenvalue weighted by Gasteiger charge is -2.34. The minimum absolute atomic E-state index is 0.167. The van der Waals surface area contributed by atoms with Gasteiger partial charge in [0.25, 0.3) is 0 Å². The van der Waals surface area contributed by atoms with Gasteiger partial charge in [-0.1, -0.05) is 6.07 Å². The molecule has 2 nitrogen and oxygen atoms in total. The number of aliphatic hydroxyl groups is 1. The SMILES string of the molecule is CC1CC(O)(c2cccs2)CCO1. The van der Waals surface area contributed by atoms with Gasteiger partial charge in [0.15, 0.2) is 0 Å². The highest BCUT2D eigenvalue weighted by Crippen LogP contribution is 2.36. The normalized spacial score (nSPS) is 34.8. The Morgan fingerprint density at radius 3 is 3.15 bits per heavy atom. The molecule has 13 heavy (non-hydrogen) atoms. The second-order valence-corrected chi connectivity index (χ2v) is 4.59. The minimum Gasteiger partial charge on any atom is -0.384 e. The maximum Gasteiger partial charge on any atom is 0.103 e. The third-order valence-electron chi connectivity index (χ3n) is 2.52. The maximum absolute atomic E-state index is 10.3. The highest BCUT2D eigenvalue weighted by molar-refractivity contribution is 7.10. The number of hydrogen-bond acceptors (Lipinski definition) is 3. The first-order valence-electron chi connectivity index (χ1n) is 4.59. The lowest BCUT2D eigenvalue weighted by Crippen LogP contribution is -2.36. The first kappa shape index (κ1) is 9.19. The minimum atomic E-state index is -0.633. The van der Waals surface area contributed by atoms with Crippen molar-refractivity contribution < 1.29 is 9.84 Å². The highest BCUT2D eigenvalue weighted by Gasteiger charge is 2.35. The lowest BCUT2D eigenvalue weighted by molar-refractivity contribution is -0.0994. The topological polar surface area (TPSA) is 29.5 Å². The molecule has 0 radical (unpaired) electrons. The average Bonchev–Trinajstić information content (AvgIpc) is 2.55. The fraction of sp³-hybridized carbons (Fsp3) is 0.600. The molecule has 2 atom stereocenters. The van der Waals surface area contributed by atoms with Crippen molar-refractivity contribution in [1.82, 2.24) is 0 Å². The van der Waals surface area contributed by atoms with Gasteiger partial charge in [0.05, 0.1) is 12.7 Å². The zero-order chi connectivity index (χ0) is 9.31. The summed E-state index contributed by atoms with van der Waals surface area (Å²) in [7, 11) is 0. The van der Waals surface area contributed by atoms with Gasteiger partial charge in [-0.25, -0.2) is 0 Å². The predicted octanol–water partition coefficient (Wildman–Crippen LogP) is 2.13. The Balaban J connectivity index is 2.20. The fourth-order valence-corrected chi connectivity index (χ4v) is 2.70.